The molecule has 2 atom stereocenters. The van der Waals surface area contributed by atoms with Crippen LogP contribution in [-0.2, 0) is 56.5 Å². The van der Waals surface area contributed by atoms with Gasteiger partial charge in [0.2, 0.25) is 0 Å². The van der Waals surface area contributed by atoms with Crippen LogP contribution in [0.3, 0.4) is 0 Å². The molecular formula is C49H48F6N8O8. The zero-order valence-electron chi connectivity index (χ0n) is 38.4. The Labute approximate surface area is 402 Å². The number of alkyl halides is 6. The fourth-order valence-corrected chi connectivity index (χ4v) is 8.36. The summed E-state index contributed by atoms with van der Waals surface area (Å²) in [5.41, 5.74) is 0.852. The molecule has 2 aliphatic rings. The molecule has 6 aromatic rings. The minimum absolute atomic E-state index is 0.0574. The summed E-state index contributed by atoms with van der Waals surface area (Å²) in [5.74, 6) is -3.27. The molecule has 374 valence electrons. The smallest absolute Gasteiger partial charge is 0.436 e. The number of fused-ring (bicyclic) bond motifs is 2. The third-order valence-electron chi connectivity index (χ3n) is 11.9. The quantitative estimate of drug-likeness (QED) is 0.0539. The molecule has 16 nitrogen and oxygen atoms in total. The summed E-state index contributed by atoms with van der Waals surface area (Å²) in [6.07, 6.45) is -9.66. The average Bonchev–Trinajstić information content (AvgIpc) is 4.13. The Morgan fingerprint density at radius 1 is 0.606 bits per heavy atom. The number of aromatic carboxylic acids is 1. The van der Waals surface area contributed by atoms with Crippen LogP contribution in [0.1, 0.15) is 112 Å². The summed E-state index contributed by atoms with van der Waals surface area (Å²) in [4.78, 5) is 52.5. The van der Waals surface area contributed by atoms with Crippen LogP contribution in [0.4, 0.5) is 38.0 Å². The van der Waals surface area contributed by atoms with E-state index in [4.69, 9.17) is 5.11 Å². The summed E-state index contributed by atoms with van der Waals surface area (Å²) >= 11 is 0. The van der Waals surface area contributed by atoms with Crippen LogP contribution in [0, 0.1) is 0 Å². The van der Waals surface area contributed by atoms with Gasteiger partial charge < -0.3 is 40.5 Å². The second kappa shape index (κ2) is 21.1. The first-order chi connectivity index (χ1) is 33.7. The molecule has 0 radical (unpaired) electrons. The van der Waals surface area contributed by atoms with E-state index in [1.54, 1.807) is 78.2 Å². The summed E-state index contributed by atoms with van der Waals surface area (Å²) in [7, 11) is 1.26. The van der Waals surface area contributed by atoms with E-state index in [0.717, 1.165) is 11.1 Å². The fraction of sp³-hybridized carbons (Fsp3) is 0.306. The van der Waals surface area contributed by atoms with Crippen LogP contribution >= 0.6 is 0 Å². The summed E-state index contributed by atoms with van der Waals surface area (Å²) in [6, 6.07) is 24.8. The van der Waals surface area contributed by atoms with Crippen molar-refractivity contribution in [2.24, 2.45) is 0 Å². The number of nitrogens with zero attached hydrogens (tertiary/aromatic N) is 6. The Kier molecular flexibility index (Phi) is 15.2. The number of halogens is 6. The van der Waals surface area contributed by atoms with Crippen molar-refractivity contribution in [3.8, 4) is 0 Å². The molecule has 0 spiro atoms. The maximum Gasteiger partial charge on any atom is 0.436 e. The van der Waals surface area contributed by atoms with Gasteiger partial charge in [0.15, 0.2) is 11.4 Å². The standard InChI is InChI=1S/C25H25F3N4O4.C24H23F3N4O4/c1-15(18-6-8-19(9-7-18)24(35)36-2)29-22(34)20-21(25(26,27)28)30-32-11-10-31(23(20)32)13-16-4-3-5-17(12-16)14-33;1-14(17-5-7-18(8-6-17)23(34)35)28-21(33)19-20(24(25,26)27)29-31-10-9-30(22(19)31)12-15-3-2-4-16(11-15)13-32/h3-9,12,15,33H,10-11,13-14H2,1-2H3,(H,29,34);2-8,11,14,32H,9-10,12-13H2,1H3,(H,28,33)(H,34,35)/t15-;14-/m00/s1. The lowest BCUT2D eigenvalue weighted by atomic mass is 10.1. The summed E-state index contributed by atoms with van der Waals surface area (Å²) in [6.45, 7) is 4.56. The number of esters is 1. The van der Waals surface area contributed by atoms with E-state index in [1.807, 2.05) is 6.07 Å². The molecule has 0 fully saturated rings. The van der Waals surface area contributed by atoms with Crippen molar-refractivity contribution in [3.05, 3.63) is 164 Å². The van der Waals surface area contributed by atoms with E-state index in [0.29, 0.717) is 40.9 Å². The molecule has 0 bridgehead atoms. The number of methoxy groups -OCH3 is 1. The number of carboxylic acids is 1. The molecule has 4 heterocycles. The molecule has 2 amide bonds. The molecule has 0 aliphatic carbocycles. The molecule has 4 aromatic carbocycles. The molecular weight excluding hydrogens is 943 g/mol. The van der Waals surface area contributed by atoms with Crippen LogP contribution in [0.15, 0.2) is 97.1 Å². The van der Waals surface area contributed by atoms with Gasteiger partial charge in [-0.05, 0) is 71.5 Å². The second-order valence-corrected chi connectivity index (χ2v) is 16.8. The monoisotopic (exact) mass is 990 g/mol. The van der Waals surface area contributed by atoms with Gasteiger partial charge in [0.05, 0.1) is 56.6 Å². The van der Waals surface area contributed by atoms with Crippen LogP contribution in [0.2, 0.25) is 0 Å². The molecule has 0 saturated carbocycles. The van der Waals surface area contributed by atoms with Gasteiger partial charge in [-0.1, -0.05) is 72.8 Å². The first-order valence-electron chi connectivity index (χ1n) is 22.1. The number of carbonyl (C=O) groups is 4. The van der Waals surface area contributed by atoms with Gasteiger partial charge in [-0.25, -0.2) is 19.0 Å². The third kappa shape index (κ3) is 11.5. The number of hydrogen-bond acceptors (Lipinski definition) is 11. The SMILES string of the molecule is COC(=O)c1ccc([C@H](C)NC(=O)c2c(C(F)(F)F)nn3c2N(Cc2cccc(CO)c2)CC3)cc1.C[C@H](NC(=O)c1c(C(F)(F)F)nn2c1N(Cc1cccc(CO)c1)CC2)c1ccc(C(=O)O)cc1. The molecule has 5 N–H and O–H groups in total. The number of aliphatic hydroxyl groups is 2. The number of benzene rings is 4. The van der Waals surface area contributed by atoms with E-state index in [-0.39, 0.29) is 56.6 Å². The van der Waals surface area contributed by atoms with Gasteiger partial charge in [-0.2, -0.15) is 36.5 Å². The molecule has 0 saturated heterocycles. The first kappa shape index (κ1) is 51.1. The van der Waals surface area contributed by atoms with E-state index in [1.165, 1.54) is 52.9 Å². The predicted molar refractivity (Wildman–Crippen MR) is 244 cm³/mol. The minimum Gasteiger partial charge on any atom is -0.478 e. The Morgan fingerprint density at radius 2 is 0.986 bits per heavy atom. The van der Waals surface area contributed by atoms with Crippen LogP contribution < -0.4 is 20.4 Å². The molecule has 71 heavy (non-hydrogen) atoms. The summed E-state index contributed by atoms with van der Waals surface area (Å²) < 4.78 is 90.2. The lowest BCUT2D eigenvalue weighted by molar-refractivity contribution is -0.142. The number of carboxylic acid groups (broad SMARTS) is 1. The number of amides is 2. The Hall–Kier alpha value is -7.72. The van der Waals surface area contributed by atoms with Gasteiger partial charge in [-0.15, -0.1) is 0 Å². The molecule has 2 aliphatic heterocycles. The van der Waals surface area contributed by atoms with Crippen molar-refractivity contribution < 1.29 is 65.6 Å². The van der Waals surface area contributed by atoms with Crippen molar-refractivity contribution in [1.82, 2.24) is 30.2 Å². The maximum absolute atomic E-state index is 13.9. The highest BCUT2D eigenvalue weighted by Gasteiger charge is 2.46. The predicted octanol–water partition coefficient (Wildman–Crippen LogP) is 7.30. The Morgan fingerprint density at radius 3 is 1.34 bits per heavy atom. The van der Waals surface area contributed by atoms with Crippen molar-refractivity contribution >= 4 is 35.4 Å². The number of hydrogen-bond donors (Lipinski definition) is 5. The zero-order valence-corrected chi connectivity index (χ0v) is 38.4. The van der Waals surface area contributed by atoms with E-state index in [2.05, 4.69) is 25.6 Å². The second-order valence-electron chi connectivity index (χ2n) is 16.8. The van der Waals surface area contributed by atoms with Gasteiger partial charge >= 0.3 is 24.3 Å². The van der Waals surface area contributed by atoms with Gasteiger partial charge in [0.1, 0.15) is 22.8 Å². The first-order valence-corrected chi connectivity index (χ1v) is 22.1. The zero-order chi connectivity index (χ0) is 51.4. The lowest BCUT2D eigenvalue weighted by Crippen LogP contribution is -2.31. The van der Waals surface area contributed by atoms with Crippen molar-refractivity contribution in [3.63, 3.8) is 0 Å². The third-order valence-corrected chi connectivity index (χ3v) is 11.9. The van der Waals surface area contributed by atoms with Crippen LogP contribution in [-0.4, -0.2) is 78.8 Å². The maximum atomic E-state index is 13.9. The topological polar surface area (TPSA) is 204 Å². The number of nitrogens with one attached hydrogen (secondary N) is 2. The van der Waals surface area contributed by atoms with Crippen molar-refractivity contribution in [2.75, 3.05) is 30.0 Å². The number of carbonyl (C=O) groups excluding carboxylic acids is 3. The number of anilines is 2. The van der Waals surface area contributed by atoms with E-state index in [9.17, 15) is 55.7 Å². The highest BCUT2D eigenvalue weighted by atomic mass is 19.4. The molecule has 22 heteroatoms. The molecule has 2 aromatic heterocycles. The number of aromatic nitrogens is 4. The van der Waals surface area contributed by atoms with Crippen molar-refractivity contribution in [2.45, 2.75) is 77.7 Å². The normalized spacial score (nSPS) is 14.0. The fourth-order valence-electron chi connectivity index (χ4n) is 8.36. The largest absolute Gasteiger partial charge is 0.478 e. The van der Waals surface area contributed by atoms with E-state index < -0.39 is 70.7 Å². The highest BCUT2D eigenvalue weighted by molar-refractivity contribution is 6.02. The number of rotatable bonds is 14. The minimum atomic E-state index is -4.83. The number of ether oxygens (including phenoxy) is 1. The Bertz CT molecular complexity index is 2920. The Balaban J connectivity index is 0.000000209. The molecule has 8 rings (SSSR count). The van der Waals surface area contributed by atoms with Gasteiger partial charge in [-0.3, -0.25) is 9.59 Å². The van der Waals surface area contributed by atoms with Gasteiger partial charge in [0.25, 0.3) is 11.8 Å². The van der Waals surface area contributed by atoms with E-state index >= 15 is 0 Å². The van der Waals surface area contributed by atoms with Crippen LogP contribution in [0.5, 0.6) is 0 Å². The van der Waals surface area contributed by atoms with Gasteiger partial charge in [0, 0.05) is 26.2 Å². The van der Waals surface area contributed by atoms with Crippen molar-refractivity contribution in [1.29, 1.82) is 0 Å². The molecule has 0 unspecified atom stereocenters. The number of aliphatic hydroxyl groups excluding tert-OH is 2. The average molecular weight is 991 g/mol. The lowest BCUT2D eigenvalue weighted by Gasteiger charge is -2.21. The highest BCUT2D eigenvalue weighted by Crippen LogP contribution is 2.40. The summed E-state index contributed by atoms with van der Waals surface area (Å²) in [5, 5.41) is 40.5. The van der Waals surface area contributed by atoms with Crippen LogP contribution in [0.25, 0.3) is 0 Å².